The van der Waals surface area contributed by atoms with Gasteiger partial charge in [-0.05, 0) is 23.8 Å². The Bertz CT molecular complexity index is 1240. The van der Waals surface area contributed by atoms with Crippen molar-refractivity contribution in [1.29, 1.82) is 0 Å². The van der Waals surface area contributed by atoms with E-state index in [2.05, 4.69) is 4.98 Å². The van der Waals surface area contributed by atoms with Gasteiger partial charge in [-0.25, -0.2) is 0 Å². The van der Waals surface area contributed by atoms with E-state index < -0.39 is 4.92 Å². The monoisotopic (exact) mass is 372 g/mol. The molecule has 0 aliphatic heterocycles. The summed E-state index contributed by atoms with van der Waals surface area (Å²) >= 11 is 0. The molecule has 0 saturated heterocycles. The summed E-state index contributed by atoms with van der Waals surface area (Å²) in [7, 11) is 0. The molecule has 2 aromatic heterocycles. The highest BCUT2D eigenvalue weighted by molar-refractivity contribution is 6.00. The fraction of sp³-hybridized carbons (Fsp3) is 0.0476. The van der Waals surface area contributed by atoms with Crippen LogP contribution in [-0.2, 0) is 6.54 Å². The Balaban J connectivity index is 2.06. The summed E-state index contributed by atoms with van der Waals surface area (Å²) in [6, 6.07) is 19.1. The van der Waals surface area contributed by atoms with E-state index >= 15 is 0 Å². The molecule has 0 aliphatic carbocycles. The first kappa shape index (κ1) is 17.4. The van der Waals surface area contributed by atoms with Crippen LogP contribution in [0, 0.1) is 10.1 Å². The largest absolute Gasteiger partial charge is 0.384 e. The Morgan fingerprint density at radius 3 is 2.43 bits per heavy atom. The molecular formula is C21H16N4O3. The van der Waals surface area contributed by atoms with E-state index in [1.165, 1.54) is 16.7 Å². The third kappa shape index (κ3) is 2.99. The van der Waals surface area contributed by atoms with Crippen LogP contribution in [0.15, 0.2) is 77.7 Å². The number of rotatable bonds is 4. The number of fused-ring (bicyclic) bond motifs is 1. The number of benzene rings is 2. The van der Waals surface area contributed by atoms with Crippen molar-refractivity contribution in [2.75, 3.05) is 5.73 Å². The molecule has 0 aliphatic rings. The zero-order chi connectivity index (χ0) is 19.7. The molecule has 4 aromatic rings. The summed E-state index contributed by atoms with van der Waals surface area (Å²) < 4.78 is 1.44. The first-order chi connectivity index (χ1) is 13.6. The highest BCUT2D eigenvalue weighted by Gasteiger charge is 2.19. The lowest BCUT2D eigenvalue weighted by Gasteiger charge is -2.16. The molecule has 0 radical (unpaired) electrons. The molecule has 4 rings (SSSR count). The van der Waals surface area contributed by atoms with Gasteiger partial charge in [0.1, 0.15) is 5.82 Å². The van der Waals surface area contributed by atoms with E-state index in [-0.39, 0.29) is 29.0 Å². The number of nitrogens with zero attached hydrogens (tertiary/aromatic N) is 3. The van der Waals surface area contributed by atoms with Crippen LogP contribution in [0.4, 0.5) is 11.5 Å². The number of anilines is 1. The lowest BCUT2D eigenvalue weighted by Crippen LogP contribution is -2.25. The van der Waals surface area contributed by atoms with Crippen LogP contribution >= 0.6 is 0 Å². The van der Waals surface area contributed by atoms with Gasteiger partial charge in [-0.1, -0.05) is 36.4 Å². The fourth-order valence-corrected chi connectivity index (χ4v) is 3.27. The Hall–Kier alpha value is -4.00. The molecule has 0 atom stereocenters. The third-order valence-electron chi connectivity index (χ3n) is 4.61. The molecule has 0 spiro atoms. The van der Waals surface area contributed by atoms with Crippen molar-refractivity contribution >= 4 is 22.3 Å². The molecular weight excluding hydrogens is 356 g/mol. The Kier molecular flexibility index (Phi) is 4.33. The number of nitro groups is 1. The first-order valence-electron chi connectivity index (χ1n) is 8.62. The lowest BCUT2D eigenvalue weighted by atomic mass is 10.0. The van der Waals surface area contributed by atoms with Crippen molar-refractivity contribution in [1.82, 2.24) is 9.55 Å². The topological polar surface area (TPSA) is 104 Å². The summed E-state index contributed by atoms with van der Waals surface area (Å²) in [6.07, 6.45) is 1.64. The molecule has 0 bridgehead atoms. The van der Waals surface area contributed by atoms with Crippen LogP contribution in [0.25, 0.3) is 22.0 Å². The van der Waals surface area contributed by atoms with E-state index in [0.29, 0.717) is 16.6 Å². The summed E-state index contributed by atoms with van der Waals surface area (Å²) in [5.41, 5.74) is 7.97. The predicted octanol–water partition coefficient (Wildman–Crippen LogP) is 3.60. The van der Waals surface area contributed by atoms with Crippen molar-refractivity contribution in [2.45, 2.75) is 6.54 Å². The highest BCUT2D eigenvalue weighted by atomic mass is 16.6. The van der Waals surface area contributed by atoms with Gasteiger partial charge in [0.15, 0.2) is 0 Å². The maximum Gasteiger partial charge on any atom is 0.270 e. The zero-order valence-corrected chi connectivity index (χ0v) is 14.8. The van der Waals surface area contributed by atoms with Gasteiger partial charge in [-0.15, -0.1) is 0 Å². The van der Waals surface area contributed by atoms with E-state index in [4.69, 9.17) is 5.73 Å². The van der Waals surface area contributed by atoms with E-state index in [0.717, 1.165) is 5.56 Å². The molecule has 28 heavy (non-hydrogen) atoms. The van der Waals surface area contributed by atoms with Crippen LogP contribution in [0.3, 0.4) is 0 Å². The number of nitrogens with two attached hydrogens (primary N) is 1. The maximum absolute atomic E-state index is 13.2. The molecule has 0 saturated carbocycles. The van der Waals surface area contributed by atoms with Gasteiger partial charge in [0.05, 0.1) is 22.5 Å². The fourth-order valence-electron chi connectivity index (χ4n) is 3.27. The first-order valence-corrected chi connectivity index (χ1v) is 8.62. The smallest absolute Gasteiger partial charge is 0.270 e. The van der Waals surface area contributed by atoms with Gasteiger partial charge in [0.25, 0.3) is 11.2 Å². The minimum Gasteiger partial charge on any atom is -0.384 e. The number of hydrogen-bond acceptors (Lipinski definition) is 5. The van der Waals surface area contributed by atoms with Crippen LogP contribution in [0.5, 0.6) is 0 Å². The Labute approximate surface area is 159 Å². The number of hydrogen-bond donors (Lipinski definition) is 1. The molecule has 0 unspecified atom stereocenters. The quantitative estimate of drug-likeness (QED) is 0.435. The van der Waals surface area contributed by atoms with Crippen LogP contribution in [0.2, 0.25) is 0 Å². The number of non-ortho nitro benzene ring substituents is 1. The van der Waals surface area contributed by atoms with Crippen LogP contribution in [0.1, 0.15) is 5.56 Å². The normalized spacial score (nSPS) is 10.9. The second-order valence-corrected chi connectivity index (χ2v) is 6.34. The number of aromatic nitrogens is 2. The van der Waals surface area contributed by atoms with Gasteiger partial charge < -0.3 is 5.73 Å². The summed E-state index contributed by atoms with van der Waals surface area (Å²) in [4.78, 5) is 28.2. The molecule has 0 fully saturated rings. The van der Waals surface area contributed by atoms with Gasteiger partial charge in [0, 0.05) is 29.3 Å². The van der Waals surface area contributed by atoms with Crippen molar-refractivity contribution in [3.8, 4) is 11.3 Å². The molecule has 7 heteroatoms. The molecule has 138 valence electrons. The molecule has 2 heterocycles. The summed E-state index contributed by atoms with van der Waals surface area (Å²) in [6.45, 7) is 0.254. The predicted molar refractivity (Wildman–Crippen MR) is 108 cm³/mol. The minimum absolute atomic E-state index is 0.146. The second-order valence-electron chi connectivity index (χ2n) is 6.34. The molecule has 7 nitrogen and oxygen atoms in total. The Morgan fingerprint density at radius 2 is 1.75 bits per heavy atom. The third-order valence-corrected chi connectivity index (χ3v) is 4.61. The standard InChI is InChI=1S/C21H16N4O3/c22-20-19(18-8-4-5-11-23-18)16-10-9-15(25(27)28)12-17(16)21(26)24(20)13-14-6-2-1-3-7-14/h1-12H,13,22H2. The van der Waals surface area contributed by atoms with Crippen molar-refractivity contribution < 1.29 is 4.92 Å². The molecule has 0 amide bonds. The summed E-state index contributed by atoms with van der Waals surface area (Å²) in [5, 5.41) is 12.0. The van der Waals surface area contributed by atoms with Crippen LogP contribution < -0.4 is 11.3 Å². The maximum atomic E-state index is 13.2. The molecule has 2 aromatic carbocycles. The van der Waals surface area contributed by atoms with Crippen molar-refractivity contribution in [3.63, 3.8) is 0 Å². The Morgan fingerprint density at radius 1 is 1.00 bits per heavy atom. The van der Waals surface area contributed by atoms with Crippen molar-refractivity contribution in [3.05, 3.63) is 99.0 Å². The van der Waals surface area contributed by atoms with Gasteiger partial charge >= 0.3 is 0 Å². The lowest BCUT2D eigenvalue weighted by molar-refractivity contribution is -0.384. The van der Waals surface area contributed by atoms with Crippen LogP contribution in [-0.4, -0.2) is 14.5 Å². The second kappa shape index (κ2) is 6.96. The minimum atomic E-state index is -0.517. The summed E-state index contributed by atoms with van der Waals surface area (Å²) in [5.74, 6) is 0.272. The zero-order valence-electron chi connectivity index (χ0n) is 14.8. The van der Waals surface area contributed by atoms with E-state index in [9.17, 15) is 14.9 Å². The SMILES string of the molecule is Nc1c(-c2ccccn2)c2ccc([N+](=O)[O-])cc2c(=O)n1Cc1ccccc1. The van der Waals surface area contributed by atoms with Gasteiger partial charge in [-0.3, -0.25) is 24.5 Å². The van der Waals surface area contributed by atoms with E-state index in [1.807, 2.05) is 36.4 Å². The van der Waals surface area contributed by atoms with E-state index in [1.54, 1.807) is 24.4 Å². The number of nitro benzene ring substituents is 1. The van der Waals surface area contributed by atoms with Crippen molar-refractivity contribution in [2.24, 2.45) is 0 Å². The average molecular weight is 372 g/mol. The van der Waals surface area contributed by atoms with Gasteiger partial charge in [-0.2, -0.15) is 0 Å². The highest BCUT2D eigenvalue weighted by Crippen LogP contribution is 2.32. The molecule has 2 N–H and O–H groups in total. The van der Waals surface area contributed by atoms with Gasteiger partial charge in [0.2, 0.25) is 0 Å². The number of nitrogen functional groups attached to an aromatic ring is 1. The average Bonchev–Trinajstić information content (AvgIpc) is 2.72. The number of pyridine rings is 2.